The van der Waals surface area contributed by atoms with E-state index in [1.54, 1.807) is 30.1 Å². The Morgan fingerprint density at radius 2 is 2.24 bits per heavy atom. The Morgan fingerprint density at radius 3 is 2.86 bits per heavy atom. The molecule has 0 aromatic carbocycles. The number of nitrogens with one attached hydrogen (secondary N) is 2. The van der Waals surface area contributed by atoms with Crippen molar-refractivity contribution in [2.45, 2.75) is 12.3 Å². The van der Waals surface area contributed by atoms with Crippen molar-refractivity contribution >= 4 is 23.1 Å². The minimum absolute atomic E-state index is 0.0214. The van der Waals surface area contributed by atoms with Gasteiger partial charge in [-0.25, -0.2) is 4.98 Å². The minimum Gasteiger partial charge on any atom is -0.374 e. The number of nitrogens with zero attached hydrogens (tertiary/aromatic N) is 3. The highest BCUT2D eigenvalue weighted by Crippen LogP contribution is 2.16. The van der Waals surface area contributed by atoms with Crippen LogP contribution in [0.25, 0.3) is 0 Å². The van der Waals surface area contributed by atoms with Crippen molar-refractivity contribution in [3.05, 3.63) is 28.1 Å². The van der Waals surface area contributed by atoms with Gasteiger partial charge >= 0.3 is 0 Å². The highest BCUT2D eigenvalue weighted by Gasteiger charge is 2.03. The Hall–Kier alpha value is -1.00. The summed E-state index contributed by atoms with van der Waals surface area (Å²) in [4.78, 5) is 6.69. The maximum atomic E-state index is 8.69. The van der Waals surface area contributed by atoms with Gasteiger partial charge in [-0.15, -0.1) is 16.6 Å². The molecule has 120 valence electrons. The summed E-state index contributed by atoms with van der Waals surface area (Å²) in [5.41, 5.74) is 1.11. The van der Waals surface area contributed by atoms with Gasteiger partial charge in [0.2, 0.25) is 0 Å². The second kappa shape index (κ2) is 9.85. The second-order valence-electron chi connectivity index (χ2n) is 4.56. The average Bonchev–Trinajstić information content (AvgIpc) is 2.83. The van der Waals surface area contributed by atoms with E-state index in [0.29, 0.717) is 5.82 Å². The van der Waals surface area contributed by atoms with Gasteiger partial charge in [-0.1, -0.05) is 0 Å². The number of thiazole rings is 1. The average molecular weight is 333 g/mol. The van der Waals surface area contributed by atoms with E-state index in [-0.39, 0.29) is 5.23 Å². The smallest absolute Gasteiger partial charge is 0.120 e. The zero-order chi connectivity index (χ0) is 15.7. The number of hydrogen-bond donors (Lipinski definition) is 4. The van der Waals surface area contributed by atoms with Gasteiger partial charge in [0.05, 0.1) is 11.9 Å². The lowest BCUT2D eigenvalue weighted by atomic mass is 10.5. The highest BCUT2D eigenvalue weighted by atomic mass is 32.2. The second-order valence-corrected chi connectivity index (χ2v) is 6.61. The highest BCUT2D eigenvalue weighted by molar-refractivity contribution is 7.98. The van der Waals surface area contributed by atoms with E-state index < -0.39 is 0 Å². The van der Waals surface area contributed by atoms with Crippen LogP contribution in [-0.4, -0.2) is 59.0 Å². The van der Waals surface area contributed by atoms with E-state index in [2.05, 4.69) is 25.9 Å². The molecule has 21 heavy (non-hydrogen) atoms. The molecule has 0 saturated carbocycles. The van der Waals surface area contributed by atoms with Gasteiger partial charge < -0.3 is 15.5 Å². The van der Waals surface area contributed by atoms with Gasteiger partial charge in [0.15, 0.2) is 0 Å². The standard InChI is InChI=1S/C12H23N5O2S2/c1-13-11(6-17(18)19)14-4-5-20-8-10-9-21-12(15-10)7-16(2)3/h6,9,13-14,18-19H,4-5,7-8H2,1-3H3. The zero-order valence-corrected chi connectivity index (χ0v) is 14.2. The Labute approximate surface area is 133 Å². The van der Waals surface area contributed by atoms with Crippen LogP contribution in [0.1, 0.15) is 10.7 Å². The summed E-state index contributed by atoms with van der Waals surface area (Å²) in [6, 6.07) is 0. The first-order valence-electron chi connectivity index (χ1n) is 6.47. The van der Waals surface area contributed by atoms with E-state index in [9.17, 15) is 0 Å². The third-order valence-electron chi connectivity index (χ3n) is 2.38. The van der Waals surface area contributed by atoms with Crippen molar-refractivity contribution < 1.29 is 10.4 Å². The largest absolute Gasteiger partial charge is 0.374 e. The summed E-state index contributed by atoms with van der Waals surface area (Å²) in [6.07, 6.45) is 1.15. The zero-order valence-electron chi connectivity index (χ0n) is 12.5. The van der Waals surface area contributed by atoms with E-state index in [0.717, 1.165) is 41.5 Å². The molecule has 7 nitrogen and oxygen atoms in total. The topological polar surface area (TPSA) is 83.9 Å². The van der Waals surface area contributed by atoms with Gasteiger partial charge in [0, 0.05) is 37.0 Å². The first-order valence-corrected chi connectivity index (χ1v) is 8.51. The van der Waals surface area contributed by atoms with E-state index in [4.69, 9.17) is 10.4 Å². The first kappa shape index (κ1) is 18.1. The molecule has 1 aromatic rings. The summed E-state index contributed by atoms with van der Waals surface area (Å²) in [6.45, 7) is 1.60. The SMILES string of the molecule is CNC(=CN(O)O)NCCSCc1csc(CN(C)C)n1. The fourth-order valence-corrected chi connectivity index (χ4v) is 3.27. The first-order chi connectivity index (χ1) is 10.0. The molecule has 1 aromatic heterocycles. The molecule has 1 rings (SSSR count). The fraction of sp³-hybridized carbons (Fsp3) is 0.583. The number of rotatable bonds is 10. The molecule has 0 atom stereocenters. The van der Waals surface area contributed by atoms with Gasteiger partial charge in [0.1, 0.15) is 10.8 Å². The van der Waals surface area contributed by atoms with Crippen LogP contribution in [0.2, 0.25) is 0 Å². The Bertz CT molecular complexity index is 437. The van der Waals surface area contributed by atoms with Crippen molar-refractivity contribution in [3.63, 3.8) is 0 Å². The molecular weight excluding hydrogens is 310 g/mol. The molecule has 0 spiro atoms. The number of thioether (sulfide) groups is 1. The maximum Gasteiger partial charge on any atom is 0.120 e. The minimum atomic E-state index is 0.0214. The molecule has 0 bridgehead atoms. The van der Waals surface area contributed by atoms with E-state index in [1.807, 2.05) is 14.1 Å². The summed E-state index contributed by atoms with van der Waals surface area (Å²) < 4.78 is 0. The maximum absolute atomic E-state index is 8.69. The molecule has 0 fully saturated rings. The lowest BCUT2D eigenvalue weighted by Crippen LogP contribution is -2.27. The molecule has 0 aliphatic rings. The molecular formula is C12H23N5O2S2. The fourth-order valence-electron chi connectivity index (χ4n) is 1.51. The van der Waals surface area contributed by atoms with Crippen LogP contribution in [0.4, 0.5) is 0 Å². The molecule has 0 radical (unpaired) electrons. The molecule has 0 unspecified atom stereocenters. The number of aromatic nitrogens is 1. The van der Waals surface area contributed by atoms with Crippen LogP contribution in [0.15, 0.2) is 17.4 Å². The molecule has 0 aliphatic heterocycles. The van der Waals surface area contributed by atoms with Crippen LogP contribution in [0, 0.1) is 0 Å². The summed E-state index contributed by atoms with van der Waals surface area (Å²) in [5.74, 6) is 2.33. The third kappa shape index (κ3) is 8.12. The molecule has 0 aliphatic carbocycles. The van der Waals surface area contributed by atoms with Crippen LogP contribution < -0.4 is 10.6 Å². The monoisotopic (exact) mass is 333 g/mol. The van der Waals surface area contributed by atoms with E-state index in [1.165, 1.54) is 0 Å². The van der Waals surface area contributed by atoms with E-state index >= 15 is 0 Å². The summed E-state index contributed by atoms with van der Waals surface area (Å²) in [5, 5.41) is 26.5. The van der Waals surface area contributed by atoms with Crippen LogP contribution >= 0.6 is 23.1 Å². The quantitative estimate of drug-likeness (QED) is 0.375. The predicted molar refractivity (Wildman–Crippen MR) is 86.2 cm³/mol. The number of hydrogen-bond acceptors (Lipinski definition) is 9. The van der Waals surface area contributed by atoms with Crippen molar-refractivity contribution in [1.82, 2.24) is 25.7 Å². The molecule has 9 heteroatoms. The lowest BCUT2D eigenvalue weighted by molar-refractivity contribution is -0.268. The Kier molecular flexibility index (Phi) is 8.47. The van der Waals surface area contributed by atoms with Crippen molar-refractivity contribution in [3.8, 4) is 0 Å². The van der Waals surface area contributed by atoms with Gasteiger partial charge in [-0.05, 0) is 14.1 Å². The van der Waals surface area contributed by atoms with Crippen LogP contribution in [0.5, 0.6) is 0 Å². The molecule has 0 amide bonds. The Balaban J connectivity index is 2.20. The summed E-state index contributed by atoms with van der Waals surface area (Å²) >= 11 is 3.48. The van der Waals surface area contributed by atoms with Gasteiger partial charge in [-0.2, -0.15) is 11.8 Å². The van der Waals surface area contributed by atoms with Crippen molar-refractivity contribution in [2.75, 3.05) is 33.4 Å². The van der Waals surface area contributed by atoms with Crippen molar-refractivity contribution in [1.29, 1.82) is 0 Å². The van der Waals surface area contributed by atoms with Gasteiger partial charge in [-0.3, -0.25) is 10.4 Å². The lowest BCUT2D eigenvalue weighted by Gasteiger charge is -2.11. The van der Waals surface area contributed by atoms with Crippen LogP contribution in [-0.2, 0) is 12.3 Å². The molecule has 0 saturated heterocycles. The third-order valence-corrected chi connectivity index (χ3v) is 4.25. The normalized spacial score (nSPS) is 11.8. The predicted octanol–water partition coefficient (Wildman–Crippen LogP) is 1.13. The molecule has 1 heterocycles. The Morgan fingerprint density at radius 1 is 1.48 bits per heavy atom. The van der Waals surface area contributed by atoms with Crippen LogP contribution in [0.3, 0.4) is 0 Å². The molecule has 4 N–H and O–H groups in total. The summed E-state index contributed by atoms with van der Waals surface area (Å²) in [7, 11) is 5.78. The number of hydroxylamine groups is 2. The van der Waals surface area contributed by atoms with Crippen molar-refractivity contribution in [2.24, 2.45) is 0 Å². The van der Waals surface area contributed by atoms with Gasteiger partial charge in [0.25, 0.3) is 0 Å².